The van der Waals surface area contributed by atoms with Crippen molar-refractivity contribution in [2.75, 3.05) is 26.8 Å². The van der Waals surface area contributed by atoms with E-state index in [1.54, 1.807) is 0 Å². The number of rotatable bonds is 9. The van der Waals surface area contributed by atoms with E-state index in [0.717, 1.165) is 0 Å². The number of carbonyl (C=O) groups is 2. The third-order valence-corrected chi connectivity index (χ3v) is 3.43. The van der Waals surface area contributed by atoms with Gasteiger partial charge >= 0.3 is 5.97 Å². The van der Waals surface area contributed by atoms with Crippen molar-refractivity contribution in [3.05, 3.63) is 22.7 Å². The smallest absolute Gasteiger partial charge is 0.323 e. The summed E-state index contributed by atoms with van der Waals surface area (Å²) in [6, 6.07) is 3.00. The minimum atomic E-state index is -1.06. The van der Waals surface area contributed by atoms with Crippen LogP contribution in [0.5, 0.6) is 11.5 Å². The van der Waals surface area contributed by atoms with E-state index in [4.69, 9.17) is 26.2 Å². The van der Waals surface area contributed by atoms with Crippen LogP contribution in [0.2, 0.25) is 5.02 Å². The minimum absolute atomic E-state index is 0.255. The number of carboxylic acid groups (broad SMARTS) is 1. The zero-order chi connectivity index (χ0) is 18.3. The molecule has 0 bridgehead atoms. The van der Waals surface area contributed by atoms with Gasteiger partial charge in [0.2, 0.25) is 0 Å². The summed E-state index contributed by atoms with van der Waals surface area (Å²) in [5.74, 6) is -0.438. The molecule has 0 aliphatic heterocycles. The third kappa shape index (κ3) is 5.60. The van der Waals surface area contributed by atoms with E-state index >= 15 is 0 Å². The van der Waals surface area contributed by atoms with Crippen molar-refractivity contribution < 1.29 is 24.2 Å². The molecule has 0 atom stereocenters. The van der Waals surface area contributed by atoms with Crippen molar-refractivity contribution in [3.63, 3.8) is 0 Å². The van der Waals surface area contributed by atoms with Crippen molar-refractivity contribution >= 4 is 23.5 Å². The Labute approximate surface area is 147 Å². The van der Waals surface area contributed by atoms with Gasteiger partial charge in [-0.25, -0.2) is 0 Å². The van der Waals surface area contributed by atoms with Gasteiger partial charge in [0, 0.05) is 12.1 Å². The van der Waals surface area contributed by atoms with Crippen LogP contribution in [0.3, 0.4) is 0 Å². The Hall–Kier alpha value is -1.95. The van der Waals surface area contributed by atoms with E-state index in [0.29, 0.717) is 37.0 Å². The molecule has 0 aliphatic rings. The van der Waals surface area contributed by atoms with Crippen molar-refractivity contribution in [2.45, 2.75) is 27.2 Å². The van der Waals surface area contributed by atoms with E-state index in [-0.39, 0.29) is 17.1 Å². The molecule has 0 fully saturated rings. The molecular weight excluding hydrogens is 334 g/mol. The molecule has 1 rings (SSSR count). The fourth-order valence-electron chi connectivity index (χ4n) is 2.10. The van der Waals surface area contributed by atoms with Crippen LogP contribution in [-0.2, 0) is 4.79 Å². The molecule has 0 aromatic heterocycles. The molecule has 7 heteroatoms. The van der Waals surface area contributed by atoms with Crippen LogP contribution >= 0.6 is 11.6 Å². The van der Waals surface area contributed by atoms with E-state index in [1.165, 1.54) is 24.1 Å². The highest BCUT2D eigenvalue weighted by atomic mass is 35.5. The standard InChI is InChI=1S/C17H24ClNO5/c1-5-6-19(9-15(20)21)17(22)12-7-13(18)16(14(8-12)23-4)24-10-11(2)3/h7-8,11H,5-6,9-10H2,1-4H3,(H,20,21). The van der Waals surface area contributed by atoms with Crippen molar-refractivity contribution in [3.8, 4) is 11.5 Å². The summed E-state index contributed by atoms with van der Waals surface area (Å²) in [5.41, 5.74) is 0.267. The second-order valence-corrected chi connectivity index (χ2v) is 6.22. The summed E-state index contributed by atoms with van der Waals surface area (Å²) in [7, 11) is 1.46. The van der Waals surface area contributed by atoms with Gasteiger partial charge in [-0.05, 0) is 24.5 Å². The molecule has 1 aromatic rings. The van der Waals surface area contributed by atoms with Gasteiger partial charge in [0.25, 0.3) is 5.91 Å². The monoisotopic (exact) mass is 357 g/mol. The molecule has 0 spiro atoms. The number of ether oxygens (including phenoxy) is 2. The maximum absolute atomic E-state index is 12.6. The first kappa shape index (κ1) is 20.1. The average Bonchev–Trinajstić information content (AvgIpc) is 2.51. The summed E-state index contributed by atoms with van der Waals surface area (Å²) < 4.78 is 10.9. The predicted molar refractivity (Wildman–Crippen MR) is 92.2 cm³/mol. The number of nitrogens with zero attached hydrogens (tertiary/aromatic N) is 1. The molecular formula is C17H24ClNO5. The van der Waals surface area contributed by atoms with Gasteiger partial charge < -0.3 is 19.5 Å². The highest BCUT2D eigenvalue weighted by molar-refractivity contribution is 6.32. The number of methoxy groups -OCH3 is 1. The minimum Gasteiger partial charge on any atom is -0.493 e. The van der Waals surface area contributed by atoms with E-state index < -0.39 is 11.9 Å². The molecule has 0 heterocycles. The fourth-order valence-corrected chi connectivity index (χ4v) is 2.37. The Balaban J connectivity index is 3.12. The summed E-state index contributed by atoms with van der Waals surface area (Å²) in [4.78, 5) is 24.8. The van der Waals surface area contributed by atoms with Crippen LogP contribution in [0.1, 0.15) is 37.6 Å². The molecule has 24 heavy (non-hydrogen) atoms. The van der Waals surface area contributed by atoms with Crippen LogP contribution in [0, 0.1) is 5.92 Å². The van der Waals surface area contributed by atoms with Gasteiger partial charge in [-0.2, -0.15) is 0 Å². The molecule has 1 amide bonds. The normalized spacial score (nSPS) is 10.6. The molecule has 134 valence electrons. The number of amides is 1. The third-order valence-electron chi connectivity index (χ3n) is 3.14. The summed E-state index contributed by atoms with van der Waals surface area (Å²) in [6.07, 6.45) is 0.652. The lowest BCUT2D eigenvalue weighted by atomic mass is 10.1. The van der Waals surface area contributed by atoms with Crippen molar-refractivity contribution in [2.24, 2.45) is 5.92 Å². The Morgan fingerprint density at radius 1 is 1.33 bits per heavy atom. The quantitative estimate of drug-likeness (QED) is 0.733. The largest absolute Gasteiger partial charge is 0.493 e. The molecule has 0 saturated heterocycles. The van der Waals surface area contributed by atoms with E-state index in [1.807, 2.05) is 20.8 Å². The maximum atomic E-state index is 12.6. The Kier molecular flexibility index (Phi) is 7.85. The van der Waals surface area contributed by atoms with Gasteiger partial charge in [-0.15, -0.1) is 0 Å². The average molecular weight is 358 g/mol. The Morgan fingerprint density at radius 3 is 2.50 bits per heavy atom. The predicted octanol–water partition coefficient (Wildman–Crippen LogP) is 3.32. The number of carboxylic acids is 1. The number of aliphatic carboxylic acids is 1. The molecule has 0 unspecified atom stereocenters. The van der Waals surface area contributed by atoms with Crippen LogP contribution < -0.4 is 9.47 Å². The SMILES string of the molecule is CCCN(CC(=O)O)C(=O)c1cc(Cl)c(OCC(C)C)c(OC)c1. The second kappa shape index (κ2) is 9.37. The maximum Gasteiger partial charge on any atom is 0.323 e. The van der Waals surface area contributed by atoms with Crippen LogP contribution in [0.4, 0.5) is 0 Å². The Morgan fingerprint density at radius 2 is 2.00 bits per heavy atom. The number of hydrogen-bond acceptors (Lipinski definition) is 4. The number of carbonyl (C=O) groups excluding carboxylic acids is 1. The van der Waals surface area contributed by atoms with E-state index in [2.05, 4.69) is 0 Å². The lowest BCUT2D eigenvalue weighted by molar-refractivity contribution is -0.137. The highest BCUT2D eigenvalue weighted by Gasteiger charge is 2.21. The first-order valence-electron chi connectivity index (χ1n) is 7.81. The van der Waals surface area contributed by atoms with E-state index in [9.17, 15) is 9.59 Å². The van der Waals surface area contributed by atoms with Crippen molar-refractivity contribution in [1.82, 2.24) is 4.90 Å². The molecule has 0 aliphatic carbocycles. The number of hydrogen-bond donors (Lipinski definition) is 1. The van der Waals surface area contributed by atoms with Crippen molar-refractivity contribution in [1.29, 1.82) is 0 Å². The molecule has 0 radical (unpaired) electrons. The first-order chi connectivity index (χ1) is 11.3. The van der Waals surface area contributed by atoms with Gasteiger partial charge in [0.15, 0.2) is 11.5 Å². The molecule has 1 aromatic carbocycles. The van der Waals surface area contributed by atoms with Crippen LogP contribution in [0.25, 0.3) is 0 Å². The zero-order valence-corrected chi connectivity index (χ0v) is 15.2. The summed E-state index contributed by atoms with van der Waals surface area (Å²) in [5, 5.41) is 9.22. The molecule has 0 saturated carbocycles. The number of halogens is 1. The van der Waals surface area contributed by atoms with Gasteiger partial charge in [-0.1, -0.05) is 32.4 Å². The highest BCUT2D eigenvalue weighted by Crippen LogP contribution is 2.37. The fraction of sp³-hybridized carbons (Fsp3) is 0.529. The second-order valence-electron chi connectivity index (χ2n) is 5.81. The van der Waals surface area contributed by atoms with Gasteiger partial charge in [-0.3, -0.25) is 9.59 Å². The lowest BCUT2D eigenvalue weighted by Gasteiger charge is -2.21. The molecule has 6 nitrogen and oxygen atoms in total. The lowest BCUT2D eigenvalue weighted by Crippen LogP contribution is -2.36. The topological polar surface area (TPSA) is 76.1 Å². The van der Waals surface area contributed by atoms with Crippen LogP contribution in [-0.4, -0.2) is 48.7 Å². The molecule has 1 N–H and O–H groups in total. The zero-order valence-electron chi connectivity index (χ0n) is 14.5. The summed E-state index contributed by atoms with van der Waals surface area (Å²) >= 11 is 6.24. The van der Waals surface area contributed by atoms with Gasteiger partial charge in [0.05, 0.1) is 18.7 Å². The Bertz CT molecular complexity index is 589. The van der Waals surface area contributed by atoms with Crippen LogP contribution in [0.15, 0.2) is 12.1 Å². The van der Waals surface area contributed by atoms with Gasteiger partial charge in [0.1, 0.15) is 6.54 Å². The number of benzene rings is 1. The summed E-state index contributed by atoms with van der Waals surface area (Å²) in [6.45, 7) is 6.33. The first-order valence-corrected chi connectivity index (χ1v) is 8.19.